The van der Waals surface area contributed by atoms with Gasteiger partial charge in [0.05, 0.1) is 17.8 Å². The van der Waals surface area contributed by atoms with Crippen molar-refractivity contribution in [1.82, 2.24) is 39.6 Å². The van der Waals surface area contributed by atoms with Crippen LogP contribution in [0, 0.1) is 5.92 Å². The number of aromatic nitrogens is 7. The van der Waals surface area contributed by atoms with Crippen molar-refractivity contribution in [3.63, 3.8) is 0 Å². The molecule has 2 aliphatic carbocycles. The van der Waals surface area contributed by atoms with Gasteiger partial charge in [-0.25, -0.2) is 19.0 Å². The Labute approximate surface area is 217 Å². The Morgan fingerprint density at radius 2 is 1.92 bits per heavy atom. The van der Waals surface area contributed by atoms with Gasteiger partial charge in [0.25, 0.3) is 0 Å². The molecule has 3 heterocycles. The van der Waals surface area contributed by atoms with Crippen LogP contribution in [0.4, 0.5) is 28.2 Å². The van der Waals surface area contributed by atoms with Crippen LogP contribution in [0.15, 0.2) is 36.9 Å². The first-order valence-electron chi connectivity index (χ1n) is 12.4. The number of benzene rings is 1. The lowest BCUT2D eigenvalue weighted by atomic mass is 9.89. The molecular weight excluding hydrogens is 490 g/mol. The summed E-state index contributed by atoms with van der Waals surface area (Å²) >= 11 is 0. The number of hydrogen-bond donors (Lipinski definition) is 4. The maximum Gasteiger partial charge on any atom is 0.328 e. The number of hydrogen-bond acceptors (Lipinski definition) is 10. The topological polar surface area (TPSA) is 166 Å². The molecule has 0 aliphatic heterocycles. The zero-order valence-corrected chi connectivity index (χ0v) is 20.9. The van der Waals surface area contributed by atoms with E-state index in [9.17, 15) is 9.59 Å². The van der Waals surface area contributed by atoms with Crippen molar-refractivity contribution in [3.8, 4) is 5.69 Å². The molecule has 3 aromatic heterocycles. The molecule has 196 valence electrons. The molecule has 2 atom stereocenters. The standard InChI is InChI=1S/C24H27N11O3/c1-25-19-18-20(34(11-26-18)24(37)29-16-8-9-17(16)38-2)31-23(30-19)28-14-4-3-5-15(10-14)35-12-27-22(33-35)32-21(36)13-6-7-13/h3-5,10-13,16-17H,6-9H2,1-2H3,(H,29,37)(H,32,33,36)(H2,25,28,30,31)/t16-,17-/m1/s1. The van der Waals surface area contributed by atoms with Crippen molar-refractivity contribution in [2.24, 2.45) is 5.92 Å². The summed E-state index contributed by atoms with van der Waals surface area (Å²) in [4.78, 5) is 42.6. The third-order valence-corrected chi connectivity index (χ3v) is 6.72. The maximum absolute atomic E-state index is 13.0. The number of rotatable bonds is 8. The summed E-state index contributed by atoms with van der Waals surface area (Å²) in [6.07, 6.45) is 6.57. The van der Waals surface area contributed by atoms with Crippen LogP contribution in [0.1, 0.15) is 25.7 Å². The molecule has 38 heavy (non-hydrogen) atoms. The van der Waals surface area contributed by atoms with E-state index in [0.29, 0.717) is 22.7 Å². The number of imidazole rings is 1. The van der Waals surface area contributed by atoms with Crippen LogP contribution >= 0.6 is 0 Å². The molecule has 6 rings (SSSR count). The minimum absolute atomic E-state index is 0.0104. The highest BCUT2D eigenvalue weighted by molar-refractivity contribution is 5.93. The van der Waals surface area contributed by atoms with Crippen molar-refractivity contribution in [2.45, 2.75) is 37.8 Å². The summed E-state index contributed by atoms with van der Waals surface area (Å²) < 4.78 is 8.33. The van der Waals surface area contributed by atoms with E-state index in [1.807, 2.05) is 24.3 Å². The minimum atomic E-state index is -0.330. The lowest BCUT2D eigenvalue weighted by molar-refractivity contribution is -0.117. The number of methoxy groups -OCH3 is 1. The predicted octanol–water partition coefficient (Wildman–Crippen LogP) is 2.28. The number of ether oxygens (including phenoxy) is 1. The van der Waals surface area contributed by atoms with Crippen LogP contribution in [0.25, 0.3) is 16.9 Å². The summed E-state index contributed by atoms with van der Waals surface area (Å²) in [5, 5.41) is 16.3. The van der Waals surface area contributed by atoms with Gasteiger partial charge in [-0.15, -0.1) is 5.10 Å². The van der Waals surface area contributed by atoms with Crippen molar-refractivity contribution in [2.75, 3.05) is 30.1 Å². The van der Waals surface area contributed by atoms with Crippen LogP contribution in [-0.4, -0.2) is 72.5 Å². The van der Waals surface area contributed by atoms with Crippen molar-refractivity contribution < 1.29 is 14.3 Å². The molecule has 0 unspecified atom stereocenters. The monoisotopic (exact) mass is 517 g/mol. The Hall–Kier alpha value is -4.59. The van der Waals surface area contributed by atoms with Crippen LogP contribution < -0.4 is 21.3 Å². The van der Waals surface area contributed by atoms with Crippen molar-refractivity contribution in [1.29, 1.82) is 0 Å². The Morgan fingerprint density at radius 1 is 1.05 bits per heavy atom. The largest absolute Gasteiger partial charge is 0.379 e. The Kier molecular flexibility index (Phi) is 6.07. The number of anilines is 4. The Bertz CT molecular complexity index is 1510. The third-order valence-electron chi connectivity index (χ3n) is 6.72. The lowest BCUT2D eigenvalue weighted by Gasteiger charge is -2.35. The fourth-order valence-corrected chi connectivity index (χ4v) is 4.28. The number of fused-ring (bicyclic) bond motifs is 1. The zero-order chi connectivity index (χ0) is 26.2. The average Bonchev–Trinajstić information content (AvgIpc) is 3.52. The molecule has 14 nitrogen and oxygen atoms in total. The number of carbonyl (C=O) groups excluding carboxylic acids is 2. The van der Waals surface area contributed by atoms with Crippen LogP contribution in [0.5, 0.6) is 0 Å². The molecule has 14 heteroatoms. The van der Waals surface area contributed by atoms with E-state index in [0.717, 1.165) is 31.4 Å². The van der Waals surface area contributed by atoms with Crippen molar-refractivity contribution in [3.05, 3.63) is 36.9 Å². The van der Waals surface area contributed by atoms with E-state index in [1.54, 1.807) is 18.8 Å². The molecule has 2 aliphatic rings. The highest BCUT2D eigenvalue weighted by atomic mass is 16.5. The molecule has 0 bridgehead atoms. The van der Waals surface area contributed by atoms with Gasteiger partial charge in [-0.05, 0) is 43.9 Å². The molecule has 0 radical (unpaired) electrons. The van der Waals surface area contributed by atoms with Gasteiger partial charge in [-0.1, -0.05) is 6.07 Å². The first kappa shape index (κ1) is 23.8. The van der Waals surface area contributed by atoms with Gasteiger partial charge in [0.15, 0.2) is 17.0 Å². The quantitative estimate of drug-likeness (QED) is 0.272. The van der Waals surface area contributed by atoms with Crippen LogP contribution in [0.3, 0.4) is 0 Å². The van der Waals surface area contributed by atoms with Gasteiger partial charge in [0, 0.05) is 25.8 Å². The van der Waals surface area contributed by atoms with Crippen LogP contribution in [0.2, 0.25) is 0 Å². The Balaban J connectivity index is 1.23. The fraction of sp³-hybridized carbons (Fsp3) is 0.375. The summed E-state index contributed by atoms with van der Waals surface area (Å²) in [7, 11) is 3.37. The van der Waals surface area contributed by atoms with Crippen molar-refractivity contribution >= 4 is 46.5 Å². The number of nitrogens with zero attached hydrogens (tertiary/aromatic N) is 7. The minimum Gasteiger partial charge on any atom is -0.379 e. The summed E-state index contributed by atoms with van der Waals surface area (Å²) in [5.41, 5.74) is 2.25. The Morgan fingerprint density at radius 3 is 2.66 bits per heavy atom. The van der Waals surface area contributed by atoms with E-state index in [4.69, 9.17) is 4.74 Å². The van der Waals surface area contributed by atoms with Gasteiger partial charge in [-0.3, -0.25) is 10.1 Å². The molecule has 1 aromatic carbocycles. The second-order valence-electron chi connectivity index (χ2n) is 9.29. The van der Waals surface area contributed by atoms with Gasteiger partial charge in [-0.2, -0.15) is 15.0 Å². The molecule has 2 amide bonds. The molecule has 2 saturated carbocycles. The smallest absolute Gasteiger partial charge is 0.328 e. The first-order chi connectivity index (χ1) is 18.5. The van der Waals surface area contributed by atoms with E-state index in [-0.39, 0.29) is 41.9 Å². The average molecular weight is 518 g/mol. The molecule has 4 N–H and O–H groups in total. The highest BCUT2D eigenvalue weighted by Gasteiger charge is 2.33. The number of nitrogens with one attached hydrogen (secondary N) is 4. The zero-order valence-electron chi connectivity index (χ0n) is 20.9. The molecule has 2 fully saturated rings. The van der Waals surface area contributed by atoms with Gasteiger partial charge in [0.1, 0.15) is 12.7 Å². The SMILES string of the molecule is CNc1nc(Nc2cccc(-n3cnc(NC(=O)C4CC4)n3)c2)nc2c1ncn2C(=O)N[C@@H]1CC[C@H]1OC. The second-order valence-corrected chi connectivity index (χ2v) is 9.29. The second kappa shape index (κ2) is 9.70. The lowest BCUT2D eigenvalue weighted by Crippen LogP contribution is -2.52. The summed E-state index contributed by atoms with van der Waals surface area (Å²) in [6, 6.07) is 7.04. The van der Waals surface area contributed by atoms with Gasteiger partial charge in [0.2, 0.25) is 17.8 Å². The van der Waals surface area contributed by atoms with Gasteiger partial charge >= 0.3 is 6.03 Å². The summed E-state index contributed by atoms with van der Waals surface area (Å²) in [6.45, 7) is 0. The van der Waals surface area contributed by atoms with Gasteiger partial charge < -0.3 is 20.7 Å². The number of amides is 2. The number of carbonyl (C=O) groups is 2. The fourth-order valence-electron chi connectivity index (χ4n) is 4.28. The molecular formula is C24H27N11O3. The maximum atomic E-state index is 13.0. The predicted molar refractivity (Wildman–Crippen MR) is 139 cm³/mol. The normalized spacial score (nSPS) is 18.6. The van der Waals surface area contributed by atoms with E-state index in [1.165, 1.54) is 17.2 Å². The molecule has 0 spiro atoms. The van der Waals surface area contributed by atoms with E-state index in [2.05, 4.69) is 46.3 Å². The molecule has 0 saturated heterocycles. The van der Waals surface area contributed by atoms with E-state index >= 15 is 0 Å². The molecule has 4 aromatic rings. The highest BCUT2D eigenvalue weighted by Crippen LogP contribution is 2.30. The van der Waals surface area contributed by atoms with E-state index < -0.39 is 0 Å². The summed E-state index contributed by atoms with van der Waals surface area (Å²) in [5.74, 6) is 1.04. The third kappa shape index (κ3) is 4.61. The van der Waals surface area contributed by atoms with Crippen LogP contribution in [-0.2, 0) is 9.53 Å². The first-order valence-corrected chi connectivity index (χ1v) is 12.4.